The van der Waals surface area contributed by atoms with Crippen LogP contribution in [-0.4, -0.2) is 40.9 Å². The number of aliphatic hydroxyl groups excluding tert-OH is 1. The molecule has 0 radical (unpaired) electrons. The van der Waals surface area contributed by atoms with E-state index in [1.54, 1.807) is 6.07 Å². The van der Waals surface area contributed by atoms with Crippen LogP contribution in [0.25, 0.3) is 0 Å². The van der Waals surface area contributed by atoms with Crippen molar-refractivity contribution in [2.45, 2.75) is 46.3 Å². The van der Waals surface area contributed by atoms with Crippen molar-refractivity contribution in [3.63, 3.8) is 0 Å². The van der Waals surface area contributed by atoms with Crippen LogP contribution in [0.15, 0.2) is 6.07 Å². The molecule has 1 aromatic rings. The highest BCUT2D eigenvalue weighted by atomic mass is 16.5. The molecule has 114 valence electrons. The third kappa shape index (κ3) is 4.61. The van der Waals surface area contributed by atoms with Gasteiger partial charge in [0.2, 0.25) is 0 Å². The maximum Gasteiger partial charge on any atom is 0.158 e. The van der Waals surface area contributed by atoms with E-state index in [0.29, 0.717) is 37.4 Å². The van der Waals surface area contributed by atoms with Crippen molar-refractivity contribution in [2.75, 3.05) is 30.4 Å². The average molecular weight is 282 g/mol. The SMILES string of the molecule is CCOCc1nc(N)cc(N(CCO)C(CC)CC)n1. The van der Waals surface area contributed by atoms with Crippen molar-refractivity contribution >= 4 is 11.6 Å². The lowest BCUT2D eigenvalue weighted by Gasteiger charge is -2.31. The third-order valence-corrected chi connectivity index (χ3v) is 3.23. The van der Waals surface area contributed by atoms with Crippen LogP contribution < -0.4 is 10.6 Å². The van der Waals surface area contributed by atoms with Crippen molar-refractivity contribution in [3.05, 3.63) is 11.9 Å². The second kappa shape index (κ2) is 8.71. The lowest BCUT2D eigenvalue weighted by molar-refractivity contribution is 0.128. The van der Waals surface area contributed by atoms with Gasteiger partial charge in [-0.05, 0) is 19.8 Å². The lowest BCUT2D eigenvalue weighted by atomic mass is 10.1. The van der Waals surface area contributed by atoms with Crippen LogP contribution in [0.4, 0.5) is 11.6 Å². The fraction of sp³-hybridized carbons (Fsp3) is 0.714. The summed E-state index contributed by atoms with van der Waals surface area (Å²) >= 11 is 0. The number of anilines is 2. The van der Waals surface area contributed by atoms with Crippen molar-refractivity contribution < 1.29 is 9.84 Å². The summed E-state index contributed by atoms with van der Waals surface area (Å²) in [4.78, 5) is 10.8. The minimum Gasteiger partial charge on any atom is -0.395 e. The molecule has 1 rings (SSSR count). The Morgan fingerprint density at radius 3 is 2.55 bits per heavy atom. The van der Waals surface area contributed by atoms with Crippen LogP contribution in [0.5, 0.6) is 0 Å². The zero-order valence-corrected chi connectivity index (χ0v) is 12.7. The molecular weight excluding hydrogens is 256 g/mol. The van der Waals surface area contributed by atoms with Gasteiger partial charge in [0.1, 0.15) is 18.2 Å². The van der Waals surface area contributed by atoms with E-state index in [0.717, 1.165) is 18.7 Å². The van der Waals surface area contributed by atoms with Gasteiger partial charge in [0.05, 0.1) is 6.61 Å². The number of ether oxygens (including phenoxy) is 1. The number of hydrogen-bond acceptors (Lipinski definition) is 6. The minimum absolute atomic E-state index is 0.0845. The van der Waals surface area contributed by atoms with E-state index in [9.17, 15) is 5.11 Å². The predicted octanol–water partition coefficient (Wildman–Crippen LogP) is 1.58. The Kier molecular flexibility index (Phi) is 7.25. The summed E-state index contributed by atoms with van der Waals surface area (Å²) in [6.07, 6.45) is 1.97. The number of nitrogens with two attached hydrogens (primary N) is 1. The molecular formula is C14H26N4O2. The van der Waals surface area contributed by atoms with Crippen LogP contribution >= 0.6 is 0 Å². The number of hydrogen-bond donors (Lipinski definition) is 2. The number of rotatable bonds is 9. The molecule has 0 spiro atoms. The summed E-state index contributed by atoms with van der Waals surface area (Å²) in [5.41, 5.74) is 5.85. The average Bonchev–Trinajstić information content (AvgIpc) is 2.44. The number of nitrogen functional groups attached to an aromatic ring is 1. The molecule has 20 heavy (non-hydrogen) atoms. The quantitative estimate of drug-likeness (QED) is 0.715. The molecule has 3 N–H and O–H groups in total. The van der Waals surface area contributed by atoms with Crippen LogP contribution in [0.1, 0.15) is 39.4 Å². The maximum absolute atomic E-state index is 9.28. The largest absolute Gasteiger partial charge is 0.395 e. The zero-order chi connectivity index (χ0) is 15.0. The Hall–Kier alpha value is -1.40. The van der Waals surface area contributed by atoms with Crippen molar-refractivity contribution in [1.29, 1.82) is 0 Å². The second-order valence-electron chi connectivity index (χ2n) is 4.59. The maximum atomic E-state index is 9.28. The van der Waals surface area contributed by atoms with Crippen LogP contribution in [0, 0.1) is 0 Å². The smallest absolute Gasteiger partial charge is 0.158 e. The summed E-state index contributed by atoms with van der Waals surface area (Å²) < 4.78 is 5.33. The van der Waals surface area contributed by atoms with Gasteiger partial charge in [-0.3, -0.25) is 0 Å². The van der Waals surface area contributed by atoms with Gasteiger partial charge in [0, 0.05) is 25.3 Å². The molecule has 0 bridgehead atoms. The Labute approximate surface area is 121 Å². The third-order valence-electron chi connectivity index (χ3n) is 3.23. The Morgan fingerprint density at radius 1 is 1.30 bits per heavy atom. The molecule has 6 heteroatoms. The molecule has 0 aliphatic heterocycles. The van der Waals surface area contributed by atoms with Gasteiger partial charge < -0.3 is 20.5 Å². The first-order valence-corrected chi connectivity index (χ1v) is 7.24. The highest BCUT2D eigenvalue weighted by molar-refractivity contribution is 5.47. The van der Waals surface area contributed by atoms with Crippen molar-refractivity contribution in [2.24, 2.45) is 0 Å². The summed E-state index contributed by atoms with van der Waals surface area (Å²) in [6, 6.07) is 2.08. The normalized spacial score (nSPS) is 11.1. The molecule has 0 amide bonds. The highest BCUT2D eigenvalue weighted by Crippen LogP contribution is 2.20. The fourth-order valence-electron chi connectivity index (χ4n) is 2.23. The summed E-state index contributed by atoms with van der Waals surface area (Å²) in [6.45, 7) is 7.77. The molecule has 0 aliphatic rings. The molecule has 0 saturated carbocycles. The van der Waals surface area contributed by atoms with E-state index in [-0.39, 0.29) is 6.61 Å². The van der Waals surface area contributed by atoms with Gasteiger partial charge in [-0.25, -0.2) is 9.97 Å². The predicted molar refractivity (Wildman–Crippen MR) is 80.6 cm³/mol. The minimum atomic E-state index is 0.0845. The Balaban J connectivity index is 3.02. The summed E-state index contributed by atoms with van der Waals surface area (Å²) in [5.74, 6) is 1.77. The van der Waals surface area contributed by atoms with Gasteiger partial charge in [-0.15, -0.1) is 0 Å². The molecule has 0 aliphatic carbocycles. The molecule has 1 aromatic heterocycles. The van der Waals surface area contributed by atoms with Crippen molar-refractivity contribution in [3.8, 4) is 0 Å². The Bertz CT molecular complexity index is 397. The molecule has 6 nitrogen and oxygen atoms in total. The summed E-state index contributed by atoms with van der Waals surface area (Å²) in [5, 5.41) is 9.28. The van der Waals surface area contributed by atoms with E-state index in [4.69, 9.17) is 10.5 Å². The van der Waals surface area contributed by atoms with Gasteiger partial charge in [-0.1, -0.05) is 13.8 Å². The van der Waals surface area contributed by atoms with Gasteiger partial charge >= 0.3 is 0 Å². The topological polar surface area (TPSA) is 84.5 Å². The number of aromatic nitrogens is 2. The molecule has 0 unspecified atom stereocenters. The van der Waals surface area contributed by atoms with Crippen molar-refractivity contribution in [1.82, 2.24) is 9.97 Å². The van der Waals surface area contributed by atoms with Crippen LogP contribution in [0.3, 0.4) is 0 Å². The Morgan fingerprint density at radius 2 is 2.00 bits per heavy atom. The molecule has 0 saturated heterocycles. The molecule has 0 atom stereocenters. The standard InChI is InChI=1S/C14H26N4O2/c1-4-11(5-2)18(7-8-19)14-9-12(15)16-13(17-14)10-20-6-3/h9,11,19H,4-8,10H2,1-3H3,(H2,15,16,17). The van der Waals surface area contributed by atoms with E-state index in [2.05, 4.69) is 28.7 Å². The second-order valence-corrected chi connectivity index (χ2v) is 4.59. The van der Waals surface area contributed by atoms with E-state index >= 15 is 0 Å². The first-order valence-electron chi connectivity index (χ1n) is 7.24. The van der Waals surface area contributed by atoms with E-state index in [1.165, 1.54) is 0 Å². The van der Waals surface area contributed by atoms with Gasteiger partial charge in [0.15, 0.2) is 5.82 Å². The number of aliphatic hydroxyl groups is 1. The molecule has 0 aromatic carbocycles. The fourth-order valence-corrected chi connectivity index (χ4v) is 2.23. The van der Waals surface area contributed by atoms with Crippen LogP contribution in [-0.2, 0) is 11.3 Å². The first kappa shape index (κ1) is 16.7. The van der Waals surface area contributed by atoms with E-state index in [1.807, 2.05) is 6.92 Å². The van der Waals surface area contributed by atoms with E-state index < -0.39 is 0 Å². The van der Waals surface area contributed by atoms with Gasteiger partial charge in [-0.2, -0.15) is 0 Å². The number of nitrogens with zero attached hydrogens (tertiary/aromatic N) is 3. The first-order chi connectivity index (χ1) is 9.65. The highest BCUT2D eigenvalue weighted by Gasteiger charge is 2.18. The van der Waals surface area contributed by atoms with Crippen LogP contribution in [0.2, 0.25) is 0 Å². The summed E-state index contributed by atoms with van der Waals surface area (Å²) in [7, 11) is 0. The lowest BCUT2D eigenvalue weighted by Crippen LogP contribution is -2.37. The monoisotopic (exact) mass is 282 g/mol. The molecule has 1 heterocycles. The molecule has 0 fully saturated rings. The van der Waals surface area contributed by atoms with Gasteiger partial charge in [0.25, 0.3) is 0 Å². The zero-order valence-electron chi connectivity index (χ0n) is 12.7.